The summed E-state index contributed by atoms with van der Waals surface area (Å²) < 4.78 is 5.91. The highest BCUT2D eigenvalue weighted by molar-refractivity contribution is 6.31. The predicted molar refractivity (Wildman–Crippen MR) is 90.5 cm³/mol. The second-order valence-electron chi connectivity index (χ2n) is 4.80. The Morgan fingerprint density at radius 1 is 0.909 bits per heavy atom. The van der Waals surface area contributed by atoms with E-state index in [1.165, 1.54) is 0 Å². The lowest BCUT2D eigenvalue weighted by Crippen LogP contribution is -1.97. The first-order chi connectivity index (χ1) is 10.7. The van der Waals surface area contributed by atoms with E-state index in [0.29, 0.717) is 22.4 Å². The lowest BCUT2D eigenvalue weighted by molar-refractivity contribution is 0.306. The molecule has 0 aliphatic rings. The third kappa shape index (κ3) is 3.59. The number of benzene rings is 2. The van der Waals surface area contributed by atoms with Crippen LogP contribution >= 0.6 is 23.2 Å². The molecule has 3 rings (SSSR count). The van der Waals surface area contributed by atoms with Crippen LogP contribution in [-0.2, 0) is 6.61 Å². The van der Waals surface area contributed by atoms with Gasteiger partial charge in [0.05, 0.1) is 6.20 Å². The van der Waals surface area contributed by atoms with Crippen LogP contribution in [0.5, 0.6) is 5.75 Å². The highest BCUT2D eigenvalue weighted by Crippen LogP contribution is 2.31. The fourth-order valence-electron chi connectivity index (χ4n) is 2.18. The maximum Gasteiger partial charge on any atom is 0.145 e. The summed E-state index contributed by atoms with van der Waals surface area (Å²) in [5.41, 5.74) is 2.96. The van der Waals surface area contributed by atoms with E-state index in [1.54, 1.807) is 12.4 Å². The number of aromatic nitrogens is 1. The van der Waals surface area contributed by atoms with Gasteiger partial charge < -0.3 is 4.74 Å². The van der Waals surface area contributed by atoms with Gasteiger partial charge >= 0.3 is 0 Å². The summed E-state index contributed by atoms with van der Waals surface area (Å²) in [6.45, 7) is 0.430. The van der Waals surface area contributed by atoms with Crippen molar-refractivity contribution in [1.29, 1.82) is 0 Å². The van der Waals surface area contributed by atoms with Gasteiger partial charge in [0.25, 0.3) is 0 Å². The van der Waals surface area contributed by atoms with E-state index in [9.17, 15) is 0 Å². The molecule has 0 aliphatic carbocycles. The first-order valence-electron chi connectivity index (χ1n) is 6.79. The maximum absolute atomic E-state index is 6.07. The van der Waals surface area contributed by atoms with Crippen molar-refractivity contribution in [2.75, 3.05) is 0 Å². The van der Waals surface area contributed by atoms with Crippen molar-refractivity contribution >= 4 is 23.2 Å². The average Bonchev–Trinajstić information content (AvgIpc) is 2.53. The molecule has 0 N–H and O–H groups in total. The highest BCUT2D eigenvalue weighted by atomic mass is 35.5. The van der Waals surface area contributed by atoms with Gasteiger partial charge in [0, 0.05) is 21.8 Å². The molecule has 0 saturated carbocycles. The van der Waals surface area contributed by atoms with Gasteiger partial charge in [-0.2, -0.15) is 0 Å². The summed E-state index contributed by atoms with van der Waals surface area (Å²) in [4.78, 5) is 4.14. The highest BCUT2D eigenvalue weighted by Gasteiger charge is 2.07. The molecule has 1 aromatic heterocycles. The minimum atomic E-state index is 0.430. The number of pyridine rings is 1. The zero-order valence-corrected chi connectivity index (χ0v) is 13.2. The Hall–Kier alpha value is -2.03. The molecular weight excluding hydrogens is 317 g/mol. The normalized spacial score (nSPS) is 10.5. The lowest BCUT2D eigenvalue weighted by Gasteiger charge is -2.11. The van der Waals surface area contributed by atoms with Crippen LogP contribution in [0, 0.1) is 0 Å². The average molecular weight is 330 g/mol. The number of nitrogens with zero attached hydrogens (tertiary/aromatic N) is 1. The molecule has 0 spiro atoms. The second kappa shape index (κ2) is 6.82. The van der Waals surface area contributed by atoms with Crippen LogP contribution in [0.1, 0.15) is 5.56 Å². The molecule has 1 heterocycles. The summed E-state index contributed by atoms with van der Waals surface area (Å²) in [6, 6.07) is 17.2. The van der Waals surface area contributed by atoms with Crippen LogP contribution in [0.3, 0.4) is 0 Å². The van der Waals surface area contributed by atoms with E-state index in [-0.39, 0.29) is 0 Å². The van der Waals surface area contributed by atoms with E-state index in [4.69, 9.17) is 27.9 Å². The minimum absolute atomic E-state index is 0.430. The number of halogens is 2. The van der Waals surface area contributed by atoms with Gasteiger partial charge in [0.1, 0.15) is 12.4 Å². The van der Waals surface area contributed by atoms with E-state index in [2.05, 4.69) is 4.98 Å². The fraction of sp³-hybridized carbons (Fsp3) is 0.0556. The molecule has 2 nitrogen and oxygen atoms in total. The van der Waals surface area contributed by atoms with Crippen molar-refractivity contribution in [2.24, 2.45) is 0 Å². The molecule has 0 saturated heterocycles. The third-order valence-electron chi connectivity index (χ3n) is 3.20. The van der Waals surface area contributed by atoms with Gasteiger partial charge in [0.2, 0.25) is 0 Å². The molecule has 0 atom stereocenters. The SMILES string of the molecule is Clc1cccc(COc2cnccc2-c2cccc(Cl)c2)c1. The van der Waals surface area contributed by atoms with Gasteiger partial charge in [-0.25, -0.2) is 0 Å². The third-order valence-corrected chi connectivity index (χ3v) is 3.67. The second-order valence-corrected chi connectivity index (χ2v) is 5.67. The summed E-state index contributed by atoms with van der Waals surface area (Å²) in [6.07, 6.45) is 3.45. The smallest absolute Gasteiger partial charge is 0.145 e. The van der Waals surface area contributed by atoms with Crippen molar-refractivity contribution in [3.8, 4) is 16.9 Å². The van der Waals surface area contributed by atoms with E-state index >= 15 is 0 Å². The standard InChI is InChI=1S/C18H13Cl2NO/c19-15-5-1-3-13(9-15)12-22-18-11-21-8-7-17(18)14-4-2-6-16(20)10-14/h1-11H,12H2. The van der Waals surface area contributed by atoms with E-state index < -0.39 is 0 Å². The molecule has 2 aromatic carbocycles. The summed E-state index contributed by atoms with van der Waals surface area (Å²) >= 11 is 12.1. The van der Waals surface area contributed by atoms with E-state index in [0.717, 1.165) is 16.7 Å². The van der Waals surface area contributed by atoms with Crippen LogP contribution < -0.4 is 4.74 Å². The van der Waals surface area contributed by atoms with Gasteiger partial charge in [-0.1, -0.05) is 47.5 Å². The molecule has 0 bridgehead atoms. The molecule has 0 aliphatic heterocycles. The van der Waals surface area contributed by atoms with Crippen molar-refractivity contribution in [1.82, 2.24) is 4.98 Å². The molecule has 0 fully saturated rings. The summed E-state index contributed by atoms with van der Waals surface area (Å²) in [5.74, 6) is 0.713. The van der Waals surface area contributed by atoms with Gasteiger partial charge in [-0.15, -0.1) is 0 Å². The largest absolute Gasteiger partial charge is 0.487 e. The number of hydrogen-bond acceptors (Lipinski definition) is 2. The van der Waals surface area contributed by atoms with Crippen LogP contribution in [0.15, 0.2) is 67.0 Å². The summed E-state index contributed by atoms with van der Waals surface area (Å²) in [7, 11) is 0. The quantitative estimate of drug-likeness (QED) is 0.618. The van der Waals surface area contributed by atoms with Crippen LogP contribution in [0.4, 0.5) is 0 Å². The molecule has 4 heteroatoms. The Morgan fingerprint density at radius 2 is 1.68 bits per heavy atom. The molecule has 22 heavy (non-hydrogen) atoms. The maximum atomic E-state index is 6.07. The minimum Gasteiger partial charge on any atom is -0.487 e. The topological polar surface area (TPSA) is 22.1 Å². The Bertz CT molecular complexity index is 789. The zero-order valence-electron chi connectivity index (χ0n) is 11.7. The Kier molecular flexibility index (Phi) is 4.62. The fourth-order valence-corrected chi connectivity index (χ4v) is 2.58. The molecule has 3 aromatic rings. The van der Waals surface area contributed by atoms with Crippen molar-refractivity contribution in [3.05, 3.63) is 82.6 Å². The number of hydrogen-bond donors (Lipinski definition) is 0. The first kappa shape index (κ1) is 14.9. The Morgan fingerprint density at radius 3 is 2.45 bits per heavy atom. The zero-order chi connectivity index (χ0) is 15.4. The van der Waals surface area contributed by atoms with Gasteiger partial charge in [-0.3, -0.25) is 4.98 Å². The summed E-state index contributed by atoms with van der Waals surface area (Å²) in [5, 5.41) is 1.39. The monoisotopic (exact) mass is 329 g/mol. The van der Waals surface area contributed by atoms with Crippen molar-refractivity contribution in [3.63, 3.8) is 0 Å². The van der Waals surface area contributed by atoms with Crippen LogP contribution in [-0.4, -0.2) is 4.98 Å². The molecule has 0 unspecified atom stereocenters. The predicted octanol–water partition coefficient (Wildman–Crippen LogP) is 5.63. The number of ether oxygens (including phenoxy) is 1. The lowest BCUT2D eigenvalue weighted by atomic mass is 10.1. The molecular formula is C18H13Cl2NO. The molecule has 110 valence electrons. The van der Waals surface area contributed by atoms with Crippen LogP contribution in [0.2, 0.25) is 10.0 Å². The first-order valence-corrected chi connectivity index (χ1v) is 7.55. The van der Waals surface area contributed by atoms with Gasteiger partial charge in [-0.05, 0) is 41.5 Å². The van der Waals surface area contributed by atoms with Crippen LogP contribution in [0.25, 0.3) is 11.1 Å². The van der Waals surface area contributed by atoms with Crippen molar-refractivity contribution in [2.45, 2.75) is 6.61 Å². The Balaban J connectivity index is 1.85. The number of rotatable bonds is 4. The van der Waals surface area contributed by atoms with Crippen molar-refractivity contribution < 1.29 is 4.74 Å². The molecule has 0 radical (unpaired) electrons. The molecule has 0 amide bonds. The van der Waals surface area contributed by atoms with E-state index in [1.807, 2.05) is 54.6 Å². The Labute approximate surface area is 139 Å². The van der Waals surface area contributed by atoms with Gasteiger partial charge in [0.15, 0.2) is 0 Å².